The Hall–Kier alpha value is -1.22. The Balaban J connectivity index is 0.000000606. The van der Waals surface area contributed by atoms with E-state index in [1.54, 1.807) is 23.7 Å². The molecule has 0 N–H and O–H groups in total. The van der Waals surface area contributed by atoms with E-state index >= 15 is 0 Å². The zero-order valence-electron chi connectivity index (χ0n) is 10.1. The van der Waals surface area contributed by atoms with Crippen LogP contribution in [-0.4, -0.2) is 9.97 Å². The summed E-state index contributed by atoms with van der Waals surface area (Å²) in [6, 6.07) is 6.11. The van der Waals surface area contributed by atoms with Gasteiger partial charge in [0.1, 0.15) is 0 Å². The van der Waals surface area contributed by atoms with Gasteiger partial charge in [0.25, 0.3) is 0 Å². The van der Waals surface area contributed by atoms with Crippen LogP contribution in [0.15, 0.2) is 30.6 Å². The minimum Gasteiger partial charge on any atom is -0.236 e. The van der Waals surface area contributed by atoms with Crippen LogP contribution in [-0.2, 0) is 6.42 Å². The average Bonchev–Trinajstić information content (AvgIpc) is 2.82. The Bertz CT molecular complexity index is 395. The maximum Gasteiger partial charge on any atom is 0.169 e. The molecule has 2 aromatic rings. The largest absolute Gasteiger partial charge is 0.236 e. The summed E-state index contributed by atoms with van der Waals surface area (Å²) in [5, 5.41) is 0. The van der Waals surface area contributed by atoms with Crippen molar-refractivity contribution >= 4 is 11.3 Å². The monoisotopic (exact) mass is 234 g/mol. The number of aromatic nitrogens is 2. The van der Waals surface area contributed by atoms with E-state index in [-0.39, 0.29) is 0 Å². The highest BCUT2D eigenvalue weighted by Gasteiger charge is 2.03. The van der Waals surface area contributed by atoms with Gasteiger partial charge >= 0.3 is 0 Å². The molecule has 2 heterocycles. The zero-order valence-corrected chi connectivity index (χ0v) is 10.9. The van der Waals surface area contributed by atoms with E-state index in [0.717, 1.165) is 17.1 Å². The fraction of sp³-hybridized carbons (Fsp3) is 0.385. The fourth-order valence-corrected chi connectivity index (χ4v) is 2.36. The van der Waals surface area contributed by atoms with E-state index in [0.29, 0.717) is 0 Å². The van der Waals surface area contributed by atoms with Gasteiger partial charge in [-0.2, -0.15) is 0 Å². The van der Waals surface area contributed by atoms with Gasteiger partial charge in [-0.1, -0.05) is 27.2 Å². The van der Waals surface area contributed by atoms with Crippen molar-refractivity contribution in [2.75, 3.05) is 0 Å². The van der Waals surface area contributed by atoms with Gasteiger partial charge in [-0.3, -0.25) is 0 Å². The third-order valence-corrected chi connectivity index (χ3v) is 3.09. The minimum atomic E-state index is 0.833. The summed E-state index contributed by atoms with van der Waals surface area (Å²) in [5.41, 5.74) is 0. The molecule has 0 unspecified atom stereocenters. The Morgan fingerprint density at radius 3 is 2.44 bits per heavy atom. The molecule has 0 spiro atoms. The van der Waals surface area contributed by atoms with Crippen LogP contribution in [0.1, 0.15) is 32.1 Å². The summed E-state index contributed by atoms with van der Waals surface area (Å²) in [6.45, 7) is 6.19. The summed E-state index contributed by atoms with van der Waals surface area (Å²) in [6.07, 6.45) is 5.90. The summed E-state index contributed by atoms with van der Waals surface area (Å²) in [5.74, 6) is 0.833. The van der Waals surface area contributed by atoms with Crippen molar-refractivity contribution in [1.82, 2.24) is 9.97 Å². The zero-order chi connectivity index (χ0) is 11.8. The molecule has 0 aliphatic carbocycles. The highest BCUT2D eigenvalue weighted by atomic mass is 32.1. The van der Waals surface area contributed by atoms with Crippen molar-refractivity contribution in [2.45, 2.75) is 33.6 Å². The number of aryl methyl sites for hydroxylation is 1. The molecule has 0 radical (unpaired) electrons. The number of hydrogen-bond acceptors (Lipinski definition) is 3. The second-order valence-electron chi connectivity index (χ2n) is 3.09. The van der Waals surface area contributed by atoms with E-state index in [1.165, 1.54) is 11.3 Å². The van der Waals surface area contributed by atoms with Gasteiger partial charge < -0.3 is 0 Å². The lowest BCUT2D eigenvalue weighted by Crippen LogP contribution is -1.82. The van der Waals surface area contributed by atoms with Crippen molar-refractivity contribution in [3.8, 4) is 10.7 Å². The molecule has 0 amide bonds. The summed E-state index contributed by atoms with van der Waals surface area (Å²) in [7, 11) is 0. The van der Waals surface area contributed by atoms with Crippen LogP contribution < -0.4 is 0 Å². The molecule has 0 atom stereocenters. The minimum absolute atomic E-state index is 0.833. The van der Waals surface area contributed by atoms with Crippen LogP contribution in [0.25, 0.3) is 10.7 Å². The van der Waals surface area contributed by atoms with Gasteiger partial charge in [0.2, 0.25) is 0 Å². The van der Waals surface area contributed by atoms with Gasteiger partial charge in [-0.05, 0) is 24.6 Å². The predicted molar refractivity (Wildman–Crippen MR) is 70.7 cm³/mol. The van der Waals surface area contributed by atoms with Gasteiger partial charge in [0.15, 0.2) is 5.82 Å². The smallest absolute Gasteiger partial charge is 0.169 e. The Morgan fingerprint density at radius 1 is 1.12 bits per heavy atom. The first-order valence-corrected chi connectivity index (χ1v) is 6.58. The second kappa shape index (κ2) is 7.12. The van der Waals surface area contributed by atoms with Crippen LogP contribution in [0.2, 0.25) is 0 Å². The van der Waals surface area contributed by atoms with Crippen molar-refractivity contribution in [1.29, 1.82) is 0 Å². The van der Waals surface area contributed by atoms with Crippen LogP contribution >= 0.6 is 11.3 Å². The molecule has 0 fully saturated rings. The molecule has 16 heavy (non-hydrogen) atoms. The van der Waals surface area contributed by atoms with Crippen molar-refractivity contribution < 1.29 is 0 Å². The molecular weight excluding hydrogens is 216 g/mol. The van der Waals surface area contributed by atoms with Gasteiger partial charge in [-0.15, -0.1) is 11.3 Å². The van der Waals surface area contributed by atoms with E-state index in [2.05, 4.69) is 29.0 Å². The van der Waals surface area contributed by atoms with Crippen molar-refractivity contribution in [2.24, 2.45) is 0 Å². The Labute approximate surface area is 101 Å². The van der Waals surface area contributed by atoms with E-state index in [1.807, 2.05) is 19.9 Å². The predicted octanol–water partition coefficient (Wildman–Crippen LogP) is 4.18. The quantitative estimate of drug-likeness (QED) is 0.796. The maximum atomic E-state index is 4.22. The second-order valence-corrected chi connectivity index (χ2v) is 4.26. The molecule has 0 bridgehead atoms. The average molecular weight is 234 g/mol. The first-order valence-electron chi connectivity index (χ1n) is 5.76. The molecule has 0 aliphatic heterocycles. The highest BCUT2D eigenvalue weighted by molar-refractivity contribution is 7.15. The van der Waals surface area contributed by atoms with Gasteiger partial charge in [0, 0.05) is 17.3 Å². The summed E-state index contributed by atoms with van der Waals surface area (Å²) >= 11 is 1.79. The highest BCUT2D eigenvalue weighted by Crippen LogP contribution is 2.25. The maximum absolute atomic E-state index is 4.22. The van der Waals surface area contributed by atoms with Crippen LogP contribution in [0.3, 0.4) is 0 Å². The molecule has 86 valence electrons. The van der Waals surface area contributed by atoms with Crippen LogP contribution in [0.4, 0.5) is 0 Å². The molecule has 2 aromatic heterocycles. The Morgan fingerprint density at radius 2 is 1.81 bits per heavy atom. The lowest BCUT2D eigenvalue weighted by molar-refractivity contribution is 0.940. The van der Waals surface area contributed by atoms with Gasteiger partial charge in [0.05, 0.1) is 4.88 Å². The first kappa shape index (κ1) is 12.8. The molecule has 2 rings (SSSR count). The third-order valence-electron chi connectivity index (χ3n) is 1.94. The molecule has 0 saturated heterocycles. The Kier molecular flexibility index (Phi) is 5.72. The topological polar surface area (TPSA) is 25.8 Å². The van der Waals surface area contributed by atoms with E-state index in [9.17, 15) is 0 Å². The fourth-order valence-electron chi connectivity index (χ4n) is 1.31. The lowest BCUT2D eigenvalue weighted by Gasteiger charge is -1.92. The van der Waals surface area contributed by atoms with E-state index in [4.69, 9.17) is 0 Å². The summed E-state index contributed by atoms with van der Waals surface area (Å²) in [4.78, 5) is 11.0. The number of thiophene rings is 1. The number of nitrogens with zero attached hydrogens (tertiary/aromatic N) is 2. The lowest BCUT2D eigenvalue weighted by atomic mass is 10.3. The molecule has 0 aromatic carbocycles. The molecule has 0 aliphatic rings. The third kappa shape index (κ3) is 3.42. The normalized spacial score (nSPS) is 9.44. The molecule has 0 saturated carbocycles. The van der Waals surface area contributed by atoms with Crippen molar-refractivity contribution in [3.63, 3.8) is 0 Å². The molecule has 2 nitrogen and oxygen atoms in total. The van der Waals surface area contributed by atoms with Crippen LogP contribution in [0, 0.1) is 0 Å². The number of rotatable bonds is 3. The standard InChI is InChI=1S/C11H12N2S.C2H6/c1-2-4-9-5-6-10(14-9)11-12-7-3-8-13-11;1-2/h3,5-8H,2,4H2,1H3;1-2H3. The molecule has 3 heteroatoms. The number of hydrogen-bond donors (Lipinski definition) is 0. The summed E-state index contributed by atoms with van der Waals surface area (Å²) < 4.78 is 0. The van der Waals surface area contributed by atoms with Crippen LogP contribution in [0.5, 0.6) is 0 Å². The first-order chi connectivity index (χ1) is 7.90. The SMILES string of the molecule is CC.CCCc1ccc(-c2ncccn2)s1. The van der Waals surface area contributed by atoms with E-state index < -0.39 is 0 Å². The van der Waals surface area contributed by atoms with Gasteiger partial charge in [-0.25, -0.2) is 9.97 Å². The molecular formula is C13H18N2S. The van der Waals surface area contributed by atoms with Crippen molar-refractivity contribution in [3.05, 3.63) is 35.5 Å².